The Bertz CT molecular complexity index is 915. The van der Waals surface area contributed by atoms with Crippen LogP contribution >= 0.6 is 0 Å². The van der Waals surface area contributed by atoms with E-state index < -0.39 is 12.2 Å². The quantitative estimate of drug-likeness (QED) is 0.507. The maximum absolute atomic E-state index is 9.44. The smallest absolute Gasteiger partial charge is 0.149 e. The zero-order valence-corrected chi connectivity index (χ0v) is 16.6. The average Bonchev–Trinajstić information content (AvgIpc) is 2.81. The molecule has 5 heteroatoms. The van der Waals surface area contributed by atoms with Crippen molar-refractivity contribution in [3.63, 3.8) is 0 Å². The summed E-state index contributed by atoms with van der Waals surface area (Å²) in [5.41, 5.74) is 3.75. The molecule has 2 aromatic carbocycles. The second kappa shape index (κ2) is 11.5. The third kappa shape index (κ3) is 6.83. The summed E-state index contributed by atoms with van der Waals surface area (Å²) in [6.07, 6.45) is 1.40. The fraction of sp³-hybridized carbons (Fsp3) is 0.240. The third-order valence-electron chi connectivity index (χ3n) is 4.57. The summed E-state index contributed by atoms with van der Waals surface area (Å²) in [4.78, 5) is 4.35. The number of ether oxygens (including phenoxy) is 2. The van der Waals surface area contributed by atoms with Crippen molar-refractivity contribution in [2.45, 2.75) is 38.3 Å². The fourth-order valence-corrected chi connectivity index (χ4v) is 3.00. The second-order valence-electron chi connectivity index (χ2n) is 6.89. The van der Waals surface area contributed by atoms with E-state index in [1.807, 2.05) is 72.8 Å². The third-order valence-corrected chi connectivity index (χ3v) is 4.57. The summed E-state index contributed by atoms with van der Waals surface area (Å²) in [7, 11) is 0. The van der Waals surface area contributed by atoms with Gasteiger partial charge in [-0.2, -0.15) is 10.5 Å². The van der Waals surface area contributed by atoms with Crippen LogP contribution in [0.4, 0.5) is 0 Å². The number of pyridine rings is 1. The van der Waals surface area contributed by atoms with Crippen LogP contribution in [0.25, 0.3) is 0 Å². The van der Waals surface area contributed by atoms with E-state index in [1.165, 1.54) is 0 Å². The molecular formula is C25H23N3O2. The zero-order valence-electron chi connectivity index (χ0n) is 16.6. The first-order valence-electron chi connectivity index (χ1n) is 9.81. The molecule has 150 valence electrons. The molecule has 2 atom stereocenters. The van der Waals surface area contributed by atoms with Crippen LogP contribution < -0.4 is 0 Å². The van der Waals surface area contributed by atoms with Crippen LogP contribution in [0.5, 0.6) is 0 Å². The molecule has 0 spiro atoms. The maximum atomic E-state index is 9.44. The summed E-state index contributed by atoms with van der Waals surface area (Å²) >= 11 is 0. The highest BCUT2D eigenvalue weighted by Crippen LogP contribution is 2.13. The minimum atomic E-state index is -0.589. The molecule has 0 bridgehead atoms. The van der Waals surface area contributed by atoms with E-state index in [1.54, 1.807) is 6.20 Å². The fourth-order valence-electron chi connectivity index (χ4n) is 3.00. The predicted molar refractivity (Wildman–Crippen MR) is 113 cm³/mol. The number of benzene rings is 2. The van der Waals surface area contributed by atoms with Crippen LogP contribution in [0.3, 0.4) is 0 Å². The molecule has 0 aliphatic carbocycles. The lowest BCUT2D eigenvalue weighted by molar-refractivity contribution is 0.0758. The van der Waals surface area contributed by atoms with Crippen LogP contribution in [-0.2, 0) is 35.5 Å². The second-order valence-corrected chi connectivity index (χ2v) is 6.89. The highest BCUT2D eigenvalue weighted by molar-refractivity contribution is 5.20. The van der Waals surface area contributed by atoms with Gasteiger partial charge in [0.1, 0.15) is 12.2 Å². The Labute approximate surface area is 177 Å². The van der Waals surface area contributed by atoms with E-state index in [0.717, 1.165) is 22.4 Å². The Morgan fingerprint density at radius 3 is 1.77 bits per heavy atom. The molecule has 3 rings (SSSR count). The minimum Gasteiger partial charge on any atom is -0.358 e. The molecule has 0 radical (unpaired) electrons. The van der Waals surface area contributed by atoms with Crippen LogP contribution in [0.1, 0.15) is 22.4 Å². The van der Waals surface area contributed by atoms with E-state index in [9.17, 15) is 10.5 Å². The Kier molecular flexibility index (Phi) is 8.12. The predicted octanol–water partition coefficient (Wildman–Crippen LogP) is 4.38. The first-order valence-corrected chi connectivity index (χ1v) is 9.81. The summed E-state index contributed by atoms with van der Waals surface area (Å²) in [5, 5.41) is 18.9. The zero-order chi connectivity index (χ0) is 21.0. The molecule has 5 nitrogen and oxygen atoms in total. The van der Waals surface area contributed by atoms with Crippen molar-refractivity contribution in [1.82, 2.24) is 4.98 Å². The molecule has 0 saturated carbocycles. The lowest BCUT2D eigenvalue weighted by Gasteiger charge is -2.13. The Morgan fingerprint density at radius 1 is 0.700 bits per heavy atom. The van der Waals surface area contributed by atoms with E-state index in [0.29, 0.717) is 26.1 Å². The Balaban J connectivity index is 1.55. The number of hydrogen-bond acceptors (Lipinski definition) is 5. The maximum Gasteiger partial charge on any atom is 0.149 e. The van der Waals surface area contributed by atoms with E-state index in [2.05, 4.69) is 17.1 Å². The summed E-state index contributed by atoms with van der Waals surface area (Å²) in [6.45, 7) is 0.767. The Morgan fingerprint density at radius 2 is 1.23 bits per heavy atom. The molecule has 0 saturated heterocycles. The minimum absolute atomic E-state index is 0.378. The lowest BCUT2D eigenvalue weighted by atomic mass is 10.1. The van der Waals surface area contributed by atoms with Crippen molar-refractivity contribution in [2.75, 3.05) is 0 Å². The van der Waals surface area contributed by atoms with Gasteiger partial charge in [-0.15, -0.1) is 0 Å². The average molecular weight is 397 g/mol. The van der Waals surface area contributed by atoms with Gasteiger partial charge in [-0.25, -0.2) is 0 Å². The molecule has 2 unspecified atom stereocenters. The van der Waals surface area contributed by atoms with Crippen molar-refractivity contribution in [3.05, 3.63) is 101 Å². The molecular weight excluding hydrogens is 374 g/mol. The highest BCUT2D eigenvalue weighted by atomic mass is 16.5. The summed E-state index contributed by atoms with van der Waals surface area (Å²) in [6, 6.07) is 27.7. The number of aromatic nitrogens is 1. The van der Waals surface area contributed by atoms with Gasteiger partial charge in [0.25, 0.3) is 0 Å². The van der Waals surface area contributed by atoms with Gasteiger partial charge in [-0.05, 0) is 28.8 Å². The van der Waals surface area contributed by atoms with Gasteiger partial charge in [0.05, 0.1) is 25.4 Å². The monoisotopic (exact) mass is 397 g/mol. The molecule has 1 heterocycles. The van der Waals surface area contributed by atoms with Gasteiger partial charge in [0, 0.05) is 24.7 Å². The molecule has 1 aromatic heterocycles. The Hall–Kier alpha value is -3.51. The van der Waals surface area contributed by atoms with Crippen molar-refractivity contribution in [2.24, 2.45) is 0 Å². The molecule has 0 amide bonds. The first-order chi connectivity index (χ1) is 14.8. The van der Waals surface area contributed by atoms with Gasteiger partial charge in [0.15, 0.2) is 0 Å². The van der Waals surface area contributed by atoms with E-state index >= 15 is 0 Å². The van der Waals surface area contributed by atoms with Gasteiger partial charge < -0.3 is 9.47 Å². The van der Waals surface area contributed by atoms with Crippen LogP contribution in [-0.4, -0.2) is 17.2 Å². The molecule has 0 N–H and O–H groups in total. The van der Waals surface area contributed by atoms with Gasteiger partial charge in [-0.1, -0.05) is 60.7 Å². The van der Waals surface area contributed by atoms with E-state index in [-0.39, 0.29) is 0 Å². The summed E-state index contributed by atoms with van der Waals surface area (Å²) < 4.78 is 11.5. The first kappa shape index (κ1) is 21.2. The number of hydrogen-bond donors (Lipinski definition) is 0. The standard InChI is InChI=1S/C25H23N3O2/c26-16-24(29-18-20-7-3-1-4-8-20)14-22-11-12-28-23(13-22)15-25(17-27)30-19-21-9-5-2-6-10-21/h1-13,24-25H,14-15,18-19H2. The topological polar surface area (TPSA) is 78.9 Å². The normalized spacial score (nSPS) is 12.5. The molecule has 30 heavy (non-hydrogen) atoms. The van der Waals surface area contributed by atoms with Crippen molar-refractivity contribution >= 4 is 0 Å². The van der Waals surface area contributed by atoms with Crippen LogP contribution in [0, 0.1) is 22.7 Å². The highest BCUT2D eigenvalue weighted by Gasteiger charge is 2.13. The summed E-state index contributed by atoms with van der Waals surface area (Å²) in [5.74, 6) is 0. The molecule has 3 aromatic rings. The van der Waals surface area contributed by atoms with Crippen molar-refractivity contribution in [3.8, 4) is 12.1 Å². The molecule has 0 aliphatic heterocycles. The van der Waals surface area contributed by atoms with Crippen LogP contribution in [0.15, 0.2) is 79.0 Å². The van der Waals surface area contributed by atoms with E-state index in [4.69, 9.17) is 9.47 Å². The lowest BCUT2D eigenvalue weighted by Crippen LogP contribution is -2.16. The molecule has 0 aliphatic rings. The van der Waals surface area contributed by atoms with Gasteiger partial charge in [0.2, 0.25) is 0 Å². The van der Waals surface area contributed by atoms with Crippen molar-refractivity contribution in [1.29, 1.82) is 10.5 Å². The SMILES string of the molecule is N#CC(Cc1ccnc(CC(C#N)OCc2ccccc2)c1)OCc1ccccc1. The molecule has 0 fully saturated rings. The van der Waals surface area contributed by atoms with Gasteiger partial charge in [-0.3, -0.25) is 4.98 Å². The number of nitrogens with zero attached hydrogens (tertiary/aromatic N) is 3. The largest absolute Gasteiger partial charge is 0.358 e. The number of rotatable bonds is 10. The van der Waals surface area contributed by atoms with Gasteiger partial charge >= 0.3 is 0 Å². The van der Waals surface area contributed by atoms with Crippen molar-refractivity contribution < 1.29 is 9.47 Å². The number of nitriles is 2. The van der Waals surface area contributed by atoms with Crippen LogP contribution in [0.2, 0.25) is 0 Å².